The van der Waals surface area contributed by atoms with Crippen LogP contribution in [0.5, 0.6) is 0 Å². The molecule has 2 atom stereocenters. The van der Waals surface area contributed by atoms with Crippen molar-refractivity contribution >= 4 is 11.6 Å². The number of ether oxygens (including phenoxy) is 1. The van der Waals surface area contributed by atoms with Crippen LogP contribution in [-0.2, 0) is 4.74 Å². The lowest BCUT2D eigenvalue weighted by atomic mass is 10.0. The Morgan fingerprint density at radius 2 is 2.20 bits per heavy atom. The molecule has 1 nitrogen and oxygen atoms in total. The summed E-state index contributed by atoms with van der Waals surface area (Å²) < 4.78 is 31.4. The van der Waals surface area contributed by atoms with Crippen LogP contribution < -0.4 is 0 Å². The highest BCUT2D eigenvalue weighted by Crippen LogP contribution is 2.33. The van der Waals surface area contributed by atoms with Crippen molar-refractivity contribution in [3.63, 3.8) is 0 Å². The summed E-state index contributed by atoms with van der Waals surface area (Å²) in [5, 5.41) is -0.534. The Bertz CT molecular complexity index is 350. The first-order chi connectivity index (χ1) is 7.18. The van der Waals surface area contributed by atoms with Crippen LogP contribution in [0, 0.1) is 11.6 Å². The lowest BCUT2D eigenvalue weighted by Gasteiger charge is -2.17. The maximum Gasteiger partial charge on any atom is 0.130 e. The largest absolute Gasteiger partial charge is 0.376 e. The molecule has 15 heavy (non-hydrogen) atoms. The summed E-state index contributed by atoms with van der Waals surface area (Å²) in [7, 11) is 0. The second-order valence-electron chi connectivity index (χ2n) is 3.62. The third-order valence-electron chi connectivity index (χ3n) is 2.55. The van der Waals surface area contributed by atoms with Crippen LogP contribution in [0.25, 0.3) is 0 Å². The molecule has 0 aromatic heterocycles. The average Bonchev–Trinajstić information content (AvgIpc) is 2.69. The predicted molar refractivity (Wildman–Crippen MR) is 53.9 cm³/mol. The molecule has 0 N–H and O–H groups in total. The van der Waals surface area contributed by atoms with Crippen molar-refractivity contribution in [3.8, 4) is 0 Å². The Balaban J connectivity index is 2.20. The van der Waals surface area contributed by atoms with Gasteiger partial charge in [-0.3, -0.25) is 0 Å². The number of hydrogen-bond acceptors (Lipinski definition) is 1. The van der Waals surface area contributed by atoms with Crippen molar-refractivity contribution in [2.75, 3.05) is 6.61 Å². The quantitative estimate of drug-likeness (QED) is 0.710. The Morgan fingerprint density at radius 3 is 2.80 bits per heavy atom. The molecule has 2 rings (SSSR count). The van der Waals surface area contributed by atoms with Gasteiger partial charge in [-0.25, -0.2) is 8.78 Å². The molecule has 1 saturated heterocycles. The van der Waals surface area contributed by atoms with E-state index in [1.54, 1.807) is 0 Å². The molecule has 1 aromatic carbocycles. The lowest BCUT2D eigenvalue weighted by molar-refractivity contribution is 0.106. The zero-order valence-corrected chi connectivity index (χ0v) is 8.81. The normalized spacial score (nSPS) is 23.0. The minimum atomic E-state index is -0.606. The molecule has 0 amide bonds. The highest BCUT2D eigenvalue weighted by molar-refractivity contribution is 6.21. The Kier molecular flexibility index (Phi) is 3.22. The van der Waals surface area contributed by atoms with E-state index in [0.717, 1.165) is 18.9 Å². The van der Waals surface area contributed by atoms with E-state index in [-0.39, 0.29) is 6.10 Å². The second kappa shape index (κ2) is 4.45. The van der Waals surface area contributed by atoms with E-state index in [0.29, 0.717) is 12.2 Å². The molecule has 2 unspecified atom stereocenters. The number of halogens is 3. The van der Waals surface area contributed by atoms with Crippen molar-refractivity contribution in [3.05, 3.63) is 35.4 Å². The van der Waals surface area contributed by atoms with E-state index < -0.39 is 17.0 Å². The summed E-state index contributed by atoms with van der Waals surface area (Å²) in [5.41, 5.74) is 0.310. The van der Waals surface area contributed by atoms with E-state index in [1.807, 2.05) is 0 Å². The van der Waals surface area contributed by atoms with Crippen LogP contribution >= 0.6 is 11.6 Å². The maximum atomic E-state index is 13.4. The van der Waals surface area contributed by atoms with Crippen LogP contribution in [0.15, 0.2) is 18.2 Å². The van der Waals surface area contributed by atoms with Crippen molar-refractivity contribution in [1.82, 2.24) is 0 Å². The molecule has 1 aliphatic heterocycles. The maximum absolute atomic E-state index is 13.4. The van der Waals surface area contributed by atoms with Gasteiger partial charge in [-0.2, -0.15) is 0 Å². The molecule has 1 aliphatic rings. The van der Waals surface area contributed by atoms with Gasteiger partial charge >= 0.3 is 0 Å². The first-order valence-electron chi connectivity index (χ1n) is 4.89. The van der Waals surface area contributed by atoms with Crippen LogP contribution in [0.3, 0.4) is 0 Å². The van der Waals surface area contributed by atoms with Gasteiger partial charge in [0.2, 0.25) is 0 Å². The van der Waals surface area contributed by atoms with Crippen LogP contribution in [0.2, 0.25) is 0 Å². The summed E-state index contributed by atoms with van der Waals surface area (Å²) in [6.45, 7) is 0.663. The Morgan fingerprint density at radius 1 is 1.40 bits per heavy atom. The van der Waals surface area contributed by atoms with E-state index >= 15 is 0 Å². The zero-order valence-electron chi connectivity index (χ0n) is 8.05. The van der Waals surface area contributed by atoms with Gasteiger partial charge in [-0.15, -0.1) is 11.6 Å². The van der Waals surface area contributed by atoms with E-state index in [2.05, 4.69) is 0 Å². The summed E-state index contributed by atoms with van der Waals surface area (Å²) in [4.78, 5) is 0. The standard InChI is InChI=1S/C11H11ClF2O/c12-11(10-2-1-5-15-10)8-4-3-7(13)6-9(8)14/h3-4,6,10-11H,1-2,5H2. The van der Waals surface area contributed by atoms with Gasteiger partial charge in [0.25, 0.3) is 0 Å². The Hall–Kier alpha value is -0.670. The third kappa shape index (κ3) is 2.29. The van der Waals surface area contributed by atoms with Crippen molar-refractivity contribution in [1.29, 1.82) is 0 Å². The summed E-state index contributed by atoms with van der Waals surface area (Å²) in [5.74, 6) is -1.20. The van der Waals surface area contributed by atoms with Gasteiger partial charge in [0.1, 0.15) is 11.6 Å². The van der Waals surface area contributed by atoms with E-state index in [1.165, 1.54) is 12.1 Å². The van der Waals surface area contributed by atoms with Gasteiger partial charge in [0, 0.05) is 18.2 Å². The zero-order chi connectivity index (χ0) is 10.8. The number of alkyl halides is 1. The predicted octanol–water partition coefficient (Wildman–Crippen LogP) is 3.42. The van der Waals surface area contributed by atoms with Crippen LogP contribution in [-0.4, -0.2) is 12.7 Å². The number of rotatable bonds is 2. The summed E-state index contributed by atoms with van der Waals surface area (Å²) in [6, 6.07) is 3.44. The highest BCUT2D eigenvalue weighted by atomic mass is 35.5. The van der Waals surface area contributed by atoms with E-state index in [4.69, 9.17) is 16.3 Å². The highest BCUT2D eigenvalue weighted by Gasteiger charge is 2.27. The molecule has 82 valence electrons. The molecule has 0 saturated carbocycles. The van der Waals surface area contributed by atoms with Crippen molar-refractivity contribution in [2.45, 2.75) is 24.3 Å². The molecule has 0 spiro atoms. The Labute approximate surface area is 92.0 Å². The first-order valence-corrected chi connectivity index (χ1v) is 5.33. The monoisotopic (exact) mass is 232 g/mol. The van der Waals surface area contributed by atoms with E-state index in [9.17, 15) is 8.78 Å². The molecule has 1 aromatic rings. The van der Waals surface area contributed by atoms with Gasteiger partial charge < -0.3 is 4.74 Å². The summed E-state index contributed by atoms with van der Waals surface area (Å²) in [6.07, 6.45) is 1.61. The first kappa shape index (κ1) is 10.8. The SMILES string of the molecule is Fc1ccc(C(Cl)C2CCCO2)c(F)c1. The van der Waals surface area contributed by atoms with Gasteiger partial charge in [-0.05, 0) is 18.9 Å². The molecular weight excluding hydrogens is 222 g/mol. The minimum Gasteiger partial charge on any atom is -0.376 e. The number of hydrogen-bond donors (Lipinski definition) is 0. The van der Waals surface area contributed by atoms with Crippen molar-refractivity contribution in [2.24, 2.45) is 0 Å². The topological polar surface area (TPSA) is 9.23 Å². The third-order valence-corrected chi connectivity index (χ3v) is 3.07. The number of benzene rings is 1. The van der Waals surface area contributed by atoms with Gasteiger partial charge in [0.15, 0.2) is 0 Å². The average molecular weight is 233 g/mol. The summed E-state index contributed by atoms with van der Waals surface area (Å²) >= 11 is 6.08. The molecule has 0 aliphatic carbocycles. The fraction of sp³-hybridized carbons (Fsp3) is 0.455. The fourth-order valence-corrected chi connectivity index (χ4v) is 2.13. The van der Waals surface area contributed by atoms with Crippen LogP contribution in [0.4, 0.5) is 8.78 Å². The smallest absolute Gasteiger partial charge is 0.130 e. The fourth-order valence-electron chi connectivity index (χ4n) is 1.76. The van der Waals surface area contributed by atoms with Crippen LogP contribution in [0.1, 0.15) is 23.8 Å². The molecule has 1 fully saturated rings. The molecule has 0 radical (unpaired) electrons. The minimum absolute atomic E-state index is 0.161. The van der Waals surface area contributed by atoms with Gasteiger partial charge in [-0.1, -0.05) is 6.07 Å². The molecule has 0 bridgehead atoms. The second-order valence-corrected chi connectivity index (χ2v) is 4.09. The lowest BCUT2D eigenvalue weighted by Crippen LogP contribution is -2.14. The molecule has 4 heteroatoms. The van der Waals surface area contributed by atoms with Gasteiger partial charge in [0.05, 0.1) is 11.5 Å². The molecular formula is C11H11ClF2O. The molecule has 1 heterocycles. The van der Waals surface area contributed by atoms with Crippen molar-refractivity contribution < 1.29 is 13.5 Å².